The molecule has 0 aromatic carbocycles. The first-order valence-corrected chi connectivity index (χ1v) is 11.9. The van der Waals surface area contributed by atoms with E-state index in [2.05, 4.69) is 49.2 Å². The number of anilines is 1. The first-order chi connectivity index (χ1) is 14.5. The minimum absolute atomic E-state index is 0.168. The monoisotopic (exact) mass is 432 g/mol. The van der Waals surface area contributed by atoms with Crippen LogP contribution in [0.4, 0.5) is 5.82 Å². The summed E-state index contributed by atoms with van der Waals surface area (Å²) in [6, 6.07) is 6.22. The fourth-order valence-corrected chi connectivity index (χ4v) is 4.28. The molecule has 2 aromatic rings. The van der Waals surface area contributed by atoms with Crippen molar-refractivity contribution in [3.8, 4) is 0 Å². The molecular weight excluding hydrogens is 398 g/mol. The molecule has 1 saturated heterocycles. The molecule has 0 bridgehead atoms. The van der Waals surface area contributed by atoms with Crippen molar-refractivity contribution in [3.05, 3.63) is 35.4 Å². The Bertz CT molecular complexity index is 839. The molecule has 2 aromatic heterocycles. The second-order valence-electron chi connectivity index (χ2n) is 8.16. The van der Waals surface area contributed by atoms with Gasteiger partial charge in [-0.2, -0.15) is 0 Å². The number of aryl methyl sites for hydroxylation is 1. The van der Waals surface area contributed by atoms with Crippen LogP contribution in [0.15, 0.2) is 27.8 Å². The Balaban J connectivity index is 1.62. The molecule has 0 aliphatic carbocycles. The Morgan fingerprint density at radius 3 is 2.90 bits per heavy atom. The maximum Gasteiger partial charge on any atom is 0.287 e. The van der Waals surface area contributed by atoms with E-state index in [1.807, 2.05) is 6.07 Å². The first-order valence-electron chi connectivity index (χ1n) is 10.9. The van der Waals surface area contributed by atoms with E-state index in [-0.39, 0.29) is 5.91 Å². The molecule has 0 saturated carbocycles. The van der Waals surface area contributed by atoms with Crippen LogP contribution >= 0.6 is 11.8 Å². The zero-order valence-corrected chi connectivity index (χ0v) is 19.3. The lowest BCUT2D eigenvalue weighted by Crippen LogP contribution is -3.06. The summed E-state index contributed by atoms with van der Waals surface area (Å²) in [5.74, 6) is 2.56. The zero-order chi connectivity index (χ0) is 21.5. The lowest BCUT2D eigenvalue weighted by Gasteiger charge is -2.34. The van der Waals surface area contributed by atoms with Gasteiger partial charge >= 0.3 is 0 Å². The molecule has 0 unspecified atom stereocenters. The summed E-state index contributed by atoms with van der Waals surface area (Å²) in [6.45, 7) is 6.95. The molecule has 0 spiro atoms. The number of nitrogens with zero attached hydrogens (tertiary/aromatic N) is 3. The average Bonchev–Trinajstić information content (AvgIpc) is 3.21. The van der Waals surface area contributed by atoms with Crippen LogP contribution in [0.1, 0.15) is 55.1 Å². The smallest absolute Gasteiger partial charge is 0.287 e. The highest BCUT2D eigenvalue weighted by atomic mass is 32.2. The SMILES string of the molecule is CCc1cc(N2CCCC[C@H]2C)nc(SCc2ccc(C(=O)NCC[NH+](C)C)o2)n1. The van der Waals surface area contributed by atoms with Crippen LogP contribution in [-0.2, 0) is 12.2 Å². The van der Waals surface area contributed by atoms with Crippen molar-refractivity contribution in [1.29, 1.82) is 0 Å². The summed E-state index contributed by atoms with van der Waals surface area (Å²) in [7, 11) is 4.11. The highest BCUT2D eigenvalue weighted by Crippen LogP contribution is 2.27. The van der Waals surface area contributed by atoms with E-state index in [1.54, 1.807) is 17.8 Å². The van der Waals surface area contributed by atoms with Crippen molar-refractivity contribution in [3.63, 3.8) is 0 Å². The topological polar surface area (TPSA) is 75.7 Å². The average molecular weight is 433 g/mol. The van der Waals surface area contributed by atoms with Gasteiger partial charge in [0.1, 0.15) is 11.6 Å². The highest BCUT2D eigenvalue weighted by molar-refractivity contribution is 7.98. The maximum atomic E-state index is 12.2. The van der Waals surface area contributed by atoms with Crippen molar-refractivity contribution in [2.75, 3.05) is 38.6 Å². The van der Waals surface area contributed by atoms with Gasteiger partial charge in [0.15, 0.2) is 10.9 Å². The van der Waals surface area contributed by atoms with Gasteiger partial charge < -0.3 is 19.5 Å². The lowest BCUT2D eigenvalue weighted by molar-refractivity contribution is -0.856. The number of carbonyl (C=O) groups excluding carboxylic acids is 1. The number of aromatic nitrogens is 2. The molecule has 1 amide bonds. The van der Waals surface area contributed by atoms with Gasteiger partial charge in [0.2, 0.25) is 0 Å². The van der Waals surface area contributed by atoms with E-state index in [4.69, 9.17) is 9.40 Å². The van der Waals surface area contributed by atoms with Crippen LogP contribution in [0.3, 0.4) is 0 Å². The molecule has 1 aliphatic heterocycles. The largest absolute Gasteiger partial charge is 0.455 e. The van der Waals surface area contributed by atoms with E-state index in [0.717, 1.165) is 41.9 Å². The van der Waals surface area contributed by atoms with Gasteiger partial charge in [-0.15, -0.1) is 0 Å². The minimum atomic E-state index is -0.168. The Morgan fingerprint density at radius 1 is 1.33 bits per heavy atom. The normalized spacial score (nSPS) is 16.8. The first kappa shape index (κ1) is 22.6. The fraction of sp³-hybridized carbons (Fsp3) is 0.591. The lowest BCUT2D eigenvalue weighted by atomic mass is 10.0. The zero-order valence-electron chi connectivity index (χ0n) is 18.5. The summed E-state index contributed by atoms with van der Waals surface area (Å²) < 4.78 is 5.74. The van der Waals surface area contributed by atoms with E-state index in [9.17, 15) is 4.79 Å². The number of nitrogens with one attached hydrogen (secondary N) is 2. The number of hydrogen-bond acceptors (Lipinski definition) is 6. The molecule has 1 atom stereocenters. The quantitative estimate of drug-likeness (QED) is 0.467. The minimum Gasteiger partial charge on any atom is -0.455 e. The van der Waals surface area contributed by atoms with Crippen molar-refractivity contribution in [1.82, 2.24) is 15.3 Å². The summed E-state index contributed by atoms with van der Waals surface area (Å²) in [4.78, 5) is 25.4. The van der Waals surface area contributed by atoms with E-state index < -0.39 is 0 Å². The Morgan fingerprint density at radius 2 is 2.17 bits per heavy atom. The number of likely N-dealkylation sites (N-methyl/N-ethyl adjacent to an activating group) is 1. The molecule has 30 heavy (non-hydrogen) atoms. The number of piperidine rings is 1. The Labute approximate surface area is 183 Å². The van der Waals surface area contributed by atoms with Crippen LogP contribution in [-0.4, -0.2) is 55.6 Å². The number of thioether (sulfide) groups is 1. The number of quaternary nitrogens is 1. The standard InChI is InChI=1S/C22H33N5O2S/c1-5-17-14-20(27-12-7-6-8-16(27)2)25-22(24-17)30-15-18-9-10-19(29-18)21(28)23-11-13-26(3)4/h9-10,14,16H,5-8,11-13,15H2,1-4H3,(H,23,28)/p+1/t16-/m1/s1. The van der Waals surface area contributed by atoms with E-state index in [1.165, 1.54) is 24.2 Å². The summed E-state index contributed by atoms with van der Waals surface area (Å²) in [5, 5.41) is 3.65. The molecule has 1 fully saturated rings. The summed E-state index contributed by atoms with van der Waals surface area (Å²) in [6.07, 6.45) is 4.59. The third-order valence-electron chi connectivity index (χ3n) is 5.34. The molecule has 8 heteroatoms. The molecule has 1 aliphatic rings. The number of furan rings is 1. The highest BCUT2D eigenvalue weighted by Gasteiger charge is 2.21. The van der Waals surface area contributed by atoms with E-state index in [0.29, 0.717) is 24.1 Å². The van der Waals surface area contributed by atoms with Gasteiger partial charge in [0.05, 0.1) is 32.9 Å². The summed E-state index contributed by atoms with van der Waals surface area (Å²) in [5.41, 5.74) is 1.06. The van der Waals surface area contributed by atoms with Crippen LogP contribution < -0.4 is 15.1 Å². The number of hydrogen-bond donors (Lipinski definition) is 2. The fourth-order valence-electron chi connectivity index (χ4n) is 3.52. The van der Waals surface area contributed by atoms with Gasteiger partial charge in [0.25, 0.3) is 5.91 Å². The van der Waals surface area contributed by atoms with Gasteiger partial charge in [0, 0.05) is 24.3 Å². The molecule has 3 heterocycles. The third kappa shape index (κ3) is 6.22. The van der Waals surface area contributed by atoms with Gasteiger partial charge in [-0.05, 0) is 44.7 Å². The number of amides is 1. The van der Waals surface area contributed by atoms with Crippen molar-refractivity contribution in [2.45, 2.75) is 56.5 Å². The van der Waals surface area contributed by atoms with Crippen LogP contribution in [0.25, 0.3) is 0 Å². The van der Waals surface area contributed by atoms with Crippen molar-refractivity contribution >= 4 is 23.5 Å². The molecule has 164 valence electrons. The van der Waals surface area contributed by atoms with Crippen molar-refractivity contribution < 1.29 is 14.1 Å². The van der Waals surface area contributed by atoms with E-state index >= 15 is 0 Å². The van der Waals surface area contributed by atoms with Crippen LogP contribution in [0.2, 0.25) is 0 Å². The van der Waals surface area contributed by atoms with Gasteiger partial charge in [-0.3, -0.25) is 4.79 Å². The van der Waals surface area contributed by atoms with Gasteiger partial charge in [-0.25, -0.2) is 9.97 Å². The maximum absolute atomic E-state index is 12.2. The molecule has 2 N–H and O–H groups in total. The predicted molar refractivity (Wildman–Crippen MR) is 120 cm³/mol. The summed E-state index contributed by atoms with van der Waals surface area (Å²) >= 11 is 1.55. The molecule has 7 nitrogen and oxygen atoms in total. The van der Waals surface area contributed by atoms with Crippen LogP contribution in [0.5, 0.6) is 0 Å². The second-order valence-corrected chi connectivity index (χ2v) is 9.10. The molecule has 0 radical (unpaired) electrons. The molecular formula is C22H34N5O2S+. The predicted octanol–water partition coefficient (Wildman–Crippen LogP) is 2.18. The Hall–Kier alpha value is -2.06. The van der Waals surface area contributed by atoms with Crippen molar-refractivity contribution in [2.24, 2.45) is 0 Å². The van der Waals surface area contributed by atoms with Crippen LogP contribution in [0, 0.1) is 0 Å². The molecule has 3 rings (SSSR count). The second kappa shape index (κ2) is 10.8. The van der Waals surface area contributed by atoms with Gasteiger partial charge in [-0.1, -0.05) is 18.7 Å². The number of carbonyl (C=O) groups is 1. The third-order valence-corrected chi connectivity index (χ3v) is 6.21. The number of rotatable bonds is 9. The Kier molecular flexibility index (Phi) is 8.16.